The van der Waals surface area contributed by atoms with Gasteiger partial charge in [-0.25, -0.2) is 0 Å². The normalized spacial score (nSPS) is 38.2. The van der Waals surface area contributed by atoms with E-state index in [1.165, 1.54) is 19.4 Å². The molecule has 1 amide bonds. The Hall–Kier alpha value is -0.650. The summed E-state index contributed by atoms with van der Waals surface area (Å²) in [6, 6.07) is 0. The van der Waals surface area contributed by atoms with Gasteiger partial charge in [0.1, 0.15) is 0 Å². The molecule has 4 fully saturated rings. The lowest BCUT2D eigenvalue weighted by Crippen LogP contribution is -2.48. The van der Waals surface area contributed by atoms with E-state index in [0.717, 1.165) is 38.5 Å². The van der Waals surface area contributed by atoms with Crippen molar-refractivity contribution in [3.05, 3.63) is 0 Å². The summed E-state index contributed by atoms with van der Waals surface area (Å²) in [7, 11) is 0. The summed E-state index contributed by atoms with van der Waals surface area (Å²) in [5, 5.41) is 0. The number of likely N-dealkylation sites (tertiary alicyclic amines) is 1. The van der Waals surface area contributed by atoms with E-state index in [2.05, 4.69) is 4.90 Å². The molecule has 3 saturated heterocycles. The fraction of sp³-hybridized carbons (Fsp3) is 0.933. The van der Waals surface area contributed by atoms with Crippen LogP contribution >= 0.6 is 0 Å². The number of hydrogen-bond acceptors (Lipinski definition) is 4. The Kier molecular flexibility index (Phi) is 3.44. The molecule has 0 aromatic carbocycles. The van der Waals surface area contributed by atoms with Crippen LogP contribution in [-0.2, 0) is 14.3 Å². The van der Waals surface area contributed by atoms with Gasteiger partial charge in [-0.15, -0.1) is 0 Å². The molecular weight excluding hydrogens is 256 g/mol. The summed E-state index contributed by atoms with van der Waals surface area (Å²) in [5.41, 5.74) is 0. The van der Waals surface area contributed by atoms with Crippen LogP contribution in [0.2, 0.25) is 0 Å². The second kappa shape index (κ2) is 5.28. The molecule has 3 heterocycles. The van der Waals surface area contributed by atoms with Crippen LogP contribution in [0.3, 0.4) is 0 Å². The maximum Gasteiger partial charge on any atom is 0.228 e. The van der Waals surface area contributed by atoms with Crippen LogP contribution in [0.25, 0.3) is 0 Å². The Labute approximate surface area is 120 Å². The molecule has 0 N–H and O–H groups in total. The lowest BCUT2D eigenvalue weighted by molar-refractivity contribution is -0.142. The summed E-state index contributed by atoms with van der Waals surface area (Å²) >= 11 is 0. The van der Waals surface area contributed by atoms with Crippen LogP contribution < -0.4 is 0 Å². The standard InChI is InChI=1S/C15H24N2O3/c18-15(17-3-5-19-6-4-17)13-7-12-9-16(8-11-1-2-11)10-14(13)20-12/h11-14H,1-10H2. The second-order valence-corrected chi connectivity index (χ2v) is 6.74. The van der Waals surface area contributed by atoms with Gasteiger partial charge in [-0.2, -0.15) is 0 Å². The molecular formula is C15H24N2O3. The zero-order valence-corrected chi connectivity index (χ0v) is 12.0. The highest BCUT2D eigenvalue weighted by Gasteiger charge is 2.46. The first kappa shape index (κ1) is 13.0. The maximum absolute atomic E-state index is 12.7. The minimum absolute atomic E-state index is 0.0855. The van der Waals surface area contributed by atoms with Crippen LogP contribution in [0, 0.1) is 11.8 Å². The molecule has 0 aromatic rings. The number of nitrogens with zero attached hydrogens (tertiary/aromatic N) is 2. The number of morpholine rings is 2. The topological polar surface area (TPSA) is 42.0 Å². The molecule has 0 radical (unpaired) electrons. The molecule has 20 heavy (non-hydrogen) atoms. The number of hydrogen-bond donors (Lipinski definition) is 0. The van der Waals surface area contributed by atoms with Gasteiger partial charge < -0.3 is 14.4 Å². The predicted octanol–water partition coefficient (Wildman–Crippen LogP) is 0.345. The quantitative estimate of drug-likeness (QED) is 0.748. The number of fused-ring (bicyclic) bond motifs is 2. The van der Waals surface area contributed by atoms with Crippen LogP contribution in [0.5, 0.6) is 0 Å². The van der Waals surface area contributed by atoms with Crippen molar-refractivity contribution in [3.8, 4) is 0 Å². The molecule has 3 unspecified atom stereocenters. The van der Waals surface area contributed by atoms with E-state index < -0.39 is 0 Å². The lowest BCUT2D eigenvalue weighted by Gasteiger charge is -2.34. The Balaban J connectivity index is 1.38. The first-order valence-electron chi connectivity index (χ1n) is 8.04. The highest BCUT2D eigenvalue weighted by molar-refractivity contribution is 5.80. The van der Waals surface area contributed by atoms with Crippen molar-refractivity contribution in [1.29, 1.82) is 0 Å². The van der Waals surface area contributed by atoms with Crippen molar-refractivity contribution in [3.63, 3.8) is 0 Å². The highest BCUT2D eigenvalue weighted by Crippen LogP contribution is 2.36. The Morgan fingerprint density at radius 1 is 1.15 bits per heavy atom. The van der Waals surface area contributed by atoms with E-state index in [0.29, 0.717) is 19.1 Å². The molecule has 3 aliphatic heterocycles. The van der Waals surface area contributed by atoms with E-state index >= 15 is 0 Å². The molecule has 5 nitrogen and oxygen atoms in total. The van der Waals surface area contributed by atoms with Gasteiger partial charge in [-0.3, -0.25) is 9.69 Å². The average Bonchev–Trinajstić information content (AvgIpc) is 3.23. The molecule has 5 heteroatoms. The largest absolute Gasteiger partial charge is 0.378 e. The zero-order chi connectivity index (χ0) is 13.5. The predicted molar refractivity (Wildman–Crippen MR) is 73.3 cm³/mol. The fourth-order valence-corrected chi connectivity index (χ4v) is 3.83. The number of carbonyl (C=O) groups is 1. The van der Waals surface area contributed by atoms with Crippen molar-refractivity contribution in [2.24, 2.45) is 11.8 Å². The number of rotatable bonds is 3. The van der Waals surface area contributed by atoms with Crippen LogP contribution in [0.1, 0.15) is 19.3 Å². The smallest absolute Gasteiger partial charge is 0.228 e. The first-order valence-corrected chi connectivity index (χ1v) is 8.04. The monoisotopic (exact) mass is 280 g/mol. The van der Waals surface area contributed by atoms with Gasteiger partial charge in [0.05, 0.1) is 31.3 Å². The maximum atomic E-state index is 12.7. The minimum atomic E-state index is 0.0855. The second-order valence-electron chi connectivity index (χ2n) is 6.74. The van der Waals surface area contributed by atoms with Gasteiger partial charge in [0.25, 0.3) is 0 Å². The highest BCUT2D eigenvalue weighted by atomic mass is 16.5. The molecule has 1 saturated carbocycles. The molecule has 0 aromatic heterocycles. The Morgan fingerprint density at radius 2 is 1.95 bits per heavy atom. The third kappa shape index (κ3) is 2.59. The molecule has 4 aliphatic rings. The molecule has 3 atom stereocenters. The molecule has 2 bridgehead atoms. The Bertz CT molecular complexity index is 379. The minimum Gasteiger partial charge on any atom is -0.378 e. The number of carbonyl (C=O) groups excluding carboxylic acids is 1. The van der Waals surface area contributed by atoms with E-state index in [1.807, 2.05) is 4.90 Å². The van der Waals surface area contributed by atoms with E-state index in [1.54, 1.807) is 0 Å². The summed E-state index contributed by atoms with van der Waals surface area (Å²) < 4.78 is 11.4. The van der Waals surface area contributed by atoms with Crippen LogP contribution in [-0.4, -0.2) is 73.9 Å². The van der Waals surface area contributed by atoms with Crippen molar-refractivity contribution >= 4 is 5.91 Å². The third-order valence-electron chi connectivity index (χ3n) is 5.09. The molecule has 4 rings (SSSR count). The zero-order valence-electron chi connectivity index (χ0n) is 12.0. The van der Waals surface area contributed by atoms with E-state index in [9.17, 15) is 4.79 Å². The van der Waals surface area contributed by atoms with Gasteiger partial charge in [-0.05, 0) is 25.2 Å². The van der Waals surface area contributed by atoms with Crippen LogP contribution in [0.4, 0.5) is 0 Å². The summed E-state index contributed by atoms with van der Waals surface area (Å²) in [6.07, 6.45) is 4.11. The van der Waals surface area contributed by atoms with Gasteiger partial charge >= 0.3 is 0 Å². The van der Waals surface area contributed by atoms with Crippen LogP contribution in [0.15, 0.2) is 0 Å². The summed E-state index contributed by atoms with van der Waals surface area (Å²) in [6.45, 7) is 6.06. The van der Waals surface area contributed by atoms with Gasteiger partial charge in [-0.1, -0.05) is 0 Å². The molecule has 1 aliphatic carbocycles. The first-order chi connectivity index (χ1) is 9.79. The number of ether oxygens (including phenoxy) is 2. The van der Waals surface area contributed by atoms with E-state index in [4.69, 9.17) is 9.47 Å². The van der Waals surface area contributed by atoms with Crippen molar-refractivity contribution in [2.75, 3.05) is 45.9 Å². The average molecular weight is 280 g/mol. The van der Waals surface area contributed by atoms with E-state index in [-0.39, 0.29) is 18.1 Å². The van der Waals surface area contributed by atoms with Gasteiger partial charge in [0, 0.05) is 32.7 Å². The number of amides is 1. The fourth-order valence-electron chi connectivity index (χ4n) is 3.83. The van der Waals surface area contributed by atoms with Crippen molar-refractivity contribution < 1.29 is 14.3 Å². The van der Waals surface area contributed by atoms with Gasteiger partial charge in [0.15, 0.2) is 0 Å². The Morgan fingerprint density at radius 3 is 2.70 bits per heavy atom. The molecule has 0 spiro atoms. The summed E-state index contributed by atoms with van der Waals surface area (Å²) in [4.78, 5) is 17.2. The van der Waals surface area contributed by atoms with Gasteiger partial charge in [0.2, 0.25) is 5.91 Å². The SMILES string of the molecule is O=C(C1CC2CN(CC3CC3)CC1O2)N1CCOCC1. The molecule has 112 valence electrons. The summed E-state index contributed by atoms with van der Waals surface area (Å²) in [5.74, 6) is 1.30. The van der Waals surface area contributed by atoms with Crippen molar-refractivity contribution in [1.82, 2.24) is 9.80 Å². The third-order valence-corrected chi connectivity index (χ3v) is 5.09. The van der Waals surface area contributed by atoms with Crippen molar-refractivity contribution in [2.45, 2.75) is 31.5 Å². The lowest BCUT2D eigenvalue weighted by atomic mass is 9.98.